The van der Waals surface area contributed by atoms with Crippen molar-refractivity contribution < 1.29 is 45.3 Å². The van der Waals surface area contributed by atoms with Crippen molar-refractivity contribution in [3.63, 3.8) is 0 Å². The van der Waals surface area contributed by atoms with Gasteiger partial charge in [-0.2, -0.15) is 0 Å². The van der Waals surface area contributed by atoms with Crippen molar-refractivity contribution in [1.29, 1.82) is 0 Å². The highest BCUT2D eigenvalue weighted by atomic mass is 35.5. The van der Waals surface area contributed by atoms with Gasteiger partial charge in [-0.1, -0.05) is 35.3 Å². The van der Waals surface area contributed by atoms with E-state index in [1.807, 2.05) is 26.0 Å². The van der Waals surface area contributed by atoms with Crippen molar-refractivity contribution in [2.75, 3.05) is 51.1 Å². The maximum absolute atomic E-state index is 13.7. The predicted octanol–water partition coefficient (Wildman–Crippen LogP) is 8.01. The van der Waals surface area contributed by atoms with Crippen molar-refractivity contribution in [3.8, 4) is 57.1 Å². The maximum atomic E-state index is 13.7. The standard InChI is InChI=1S/2C25H28ClN7O5S/c2*1-6-38-22(23-28-13-18(26)14-29-23)16(3)39(34,35)32-25-31-30-24(17-10-15(2)11-27-12-17)33(25)21-19(36-4)8-7-9-20(21)37-5/h2*7-14,16,22H,6H2,1-5H3,(H,31,32)/t2*16-,22-/m10/s1. The summed E-state index contributed by atoms with van der Waals surface area (Å²) in [7, 11) is -2.29. The van der Waals surface area contributed by atoms with Gasteiger partial charge in [0.15, 0.2) is 23.3 Å². The summed E-state index contributed by atoms with van der Waals surface area (Å²) >= 11 is 11.8. The molecule has 8 aromatic rings. The highest BCUT2D eigenvalue weighted by Crippen LogP contribution is 2.40. The number of para-hydroxylation sites is 2. The van der Waals surface area contributed by atoms with E-state index < -0.39 is 42.8 Å². The summed E-state index contributed by atoms with van der Waals surface area (Å²) in [5.74, 6) is 2.46. The molecule has 0 aliphatic heterocycles. The molecule has 0 bridgehead atoms. The second-order valence-electron chi connectivity index (χ2n) is 16.9. The number of aryl methyl sites for hydroxylation is 2. The van der Waals surface area contributed by atoms with E-state index >= 15 is 0 Å². The largest absolute Gasteiger partial charge is 0.494 e. The molecular weight excluding hydrogens is 1090 g/mol. The van der Waals surface area contributed by atoms with Gasteiger partial charge in [0.1, 0.15) is 57.1 Å². The Balaban J connectivity index is 0.000000226. The summed E-state index contributed by atoms with van der Waals surface area (Å²) in [6.07, 6.45) is 10.2. The lowest BCUT2D eigenvalue weighted by Crippen LogP contribution is -2.34. The van der Waals surface area contributed by atoms with Crippen molar-refractivity contribution >= 4 is 55.1 Å². The van der Waals surface area contributed by atoms with Crippen LogP contribution in [0, 0.1) is 13.8 Å². The van der Waals surface area contributed by atoms with E-state index in [-0.39, 0.29) is 36.8 Å². The van der Waals surface area contributed by atoms with E-state index in [0.717, 1.165) is 11.1 Å². The Labute approximate surface area is 461 Å². The fraction of sp³-hybridized carbons (Fsp3) is 0.320. The number of hydrogen-bond donors (Lipinski definition) is 2. The molecule has 0 fully saturated rings. The Morgan fingerprint density at radius 2 is 0.859 bits per heavy atom. The molecule has 0 aliphatic rings. The third-order valence-electron chi connectivity index (χ3n) is 11.6. The first-order valence-corrected chi connectivity index (χ1v) is 27.6. The minimum absolute atomic E-state index is 0.0894. The van der Waals surface area contributed by atoms with Crippen LogP contribution in [0.5, 0.6) is 23.0 Å². The van der Waals surface area contributed by atoms with Crippen LogP contribution in [0.2, 0.25) is 10.0 Å². The lowest BCUT2D eigenvalue weighted by atomic mass is 10.2. The molecular formula is C50H56Cl2N14O10S2. The van der Waals surface area contributed by atoms with Gasteiger partial charge in [-0.25, -0.2) is 36.8 Å². The SMILES string of the molecule is CCO[C@@H](c1ncc(Cl)cn1)[C@@H](C)S(=O)(=O)Nc1nnc(-c2cncc(C)c2)n1-c1c(OC)cccc1OC.CCO[C@H](c1ncc(Cl)cn1)[C@H](C)S(=O)(=O)Nc1nnc(-c2cncc(C)c2)n1-c1c(OC)cccc1OC. The van der Waals surface area contributed by atoms with Gasteiger partial charge in [-0.3, -0.25) is 28.5 Å². The summed E-state index contributed by atoms with van der Waals surface area (Å²) < 4.78 is 97.0. The van der Waals surface area contributed by atoms with Crippen molar-refractivity contribution in [1.82, 2.24) is 59.4 Å². The highest BCUT2D eigenvalue weighted by Gasteiger charge is 2.37. The molecule has 6 aromatic heterocycles. The van der Waals surface area contributed by atoms with E-state index in [9.17, 15) is 16.8 Å². The molecule has 0 saturated heterocycles. The van der Waals surface area contributed by atoms with Gasteiger partial charge in [0.2, 0.25) is 31.9 Å². The van der Waals surface area contributed by atoms with E-state index in [4.69, 9.17) is 51.6 Å². The molecule has 28 heteroatoms. The zero-order valence-electron chi connectivity index (χ0n) is 44.0. The number of rotatable bonds is 22. The zero-order chi connectivity index (χ0) is 56.3. The van der Waals surface area contributed by atoms with Crippen LogP contribution in [-0.4, -0.2) is 128 Å². The topological polar surface area (TPSA) is 286 Å². The third kappa shape index (κ3) is 13.0. The van der Waals surface area contributed by atoms with Gasteiger partial charge in [-0.05, 0) is 89.1 Å². The predicted molar refractivity (Wildman–Crippen MR) is 292 cm³/mol. The van der Waals surface area contributed by atoms with Crippen LogP contribution in [0.4, 0.5) is 11.9 Å². The Morgan fingerprint density at radius 3 is 1.15 bits per heavy atom. The normalized spacial score (nSPS) is 13.1. The van der Waals surface area contributed by atoms with E-state index in [1.54, 1.807) is 75.0 Å². The molecule has 24 nitrogen and oxygen atoms in total. The molecule has 0 radical (unpaired) electrons. The molecule has 0 spiro atoms. The number of aromatic nitrogens is 12. The number of ether oxygens (including phenoxy) is 6. The Bertz CT molecular complexity index is 3280. The van der Waals surface area contributed by atoms with Crippen LogP contribution in [0.15, 0.2) is 98.1 Å². The molecule has 0 amide bonds. The van der Waals surface area contributed by atoms with Crippen LogP contribution < -0.4 is 28.4 Å². The highest BCUT2D eigenvalue weighted by molar-refractivity contribution is 7.93. The number of nitrogens with zero attached hydrogens (tertiary/aromatic N) is 12. The molecule has 0 unspecified atom stereocenters. The molecule has 2 aromatic carbocycles. The van der Waals surface area contributed by atoms with E-state index in [0.29, 0.717) is 67.2 Å². The lowest BCUT2D eigenvalue weighted by Gasteiger charge is -2.23. The molecule has 0 saturated carbocycles. The summed E-state index contributed by atoms with van der Waals surface area (Å²) in [5, 5.41) is 15.4. The van der Waals surface area contributed by atoms with Crippen molar-refractivity contribution in [2.45, 2.75) is 64.3 Å². The first kappa shape index (κ1) is 58.1. The quantitative estimate of drug-likeness (QED) is 0.0649. The van der Waals surface area contributed by atoms with Gasteiger partial charge in [0, 0.05) is 73.9 Å². The lowest BCUT2D eigenvalue weighted by molar-refractivity contribution is 0.0557. The summed E-state index contributed by atoms with van der Waals surface area (Å²) in [5.41, 5.74) is 3.78. The first-order valence-electron chi connectivity index (χ1n) is 23.8. The third-order valence-corrected chi connectivity index (χ3v) is 15.4. The fourth-order valence-corrected chi connectivity index (χ4v) is 10.3. The number of halogens is 2. The number of sulfonamides is 2. The Kier molecular flexibility index (Phi) is 19.1. The maximum Gasteiger partial charge on any atom is 0.243 e. The number of benzene rings is 2. The summed E-state index contributed by atoms with van der Waals surface area (Å²) in [6, 6.07) is 14.1. The van der Waals surface area contributed by atoms with Crippen molar-refractivity contribution in [2.24, 2.45) is 0 Å². The Morgan fingerprint density at radius 1 is 0.526 bits per heavy atom. The fourth-order valence-electron chi connectivity index (χ4n) is 7.86. The average molecular weight is 1150 g/mol. The number of anilines is 2. The molecule has 2 N–H and O–H groups in total. The van der Waals surface area contributed by atoms with Crippen LogP contribution in [0.3, 0.4) is 0 Å². The molecule has 4 atom stereocenters. The van der Waals surface area contributed by atoms with Gasteiger partial charge in [-0.15, -0.1) is 20.4 Å². The second kappa shape index (κ2) is 25.7. The number of methoxy groups -OCH3 is 4. The average Bonchev–Trinajstić information content (AvgIpc) is 4.04. The summed E-state index contributed by atoms with van der Waals surface area (Å²) in [6.45, 7) is 10.7. The molecule has 78 heavy (non-hydrogen) atoms. The minimum atomic E-state index is -4.15. The smallest absolute Gasteiger partial charge is 0.243 e. The zero-order valence-corrected chi connectivity index (χ0v) is 47.1. The second-order valence-corrected chi connectivity index (χ2v) is 21.8. The van der Waals surface area contributed by atoms with Crippen LogP contribution in [0.1, 0.15) is 62.7 Å². The molecule has 412 valence electrons. The minimum Gasteiger partial charge on any atom is -0.494 e. The molecule has 8 rings (SSSR count). The van der Waals surface area contributed by atoms with Gasteiger partial charge in [0.25, 0.3) is 0 Å². The van der Waals surface area contributed by atoms with Crippen LogP contribution in [-0.2, 0) is 29.5 Å². The monoisotopic (exact) mass is 1150 g/mol. The summed E-state index contributed by atoms with van der Waals surface area (Å²) in [4.78, 5) is 25.2. The van der Waals surface area contributed by atoms with Crippen LogP contribution in [0.25, 0.3) is 34.2 Å². The number of pyridine rings is 2. The van der Waals surface area contributed by atoms with Gasteiger partial charge >= 0.3 is 0 Å². The van der Waals surface area contributed by atoms with Crippen molar-refractivity contribution in [3.05, 3.63) is 131 Å². The number of hydrogen-bond acceptors (Lipinski definition) is 20. The number of nitrogens with one attached hydrogen (secondary N) is 2. The van der Waals surface area contributed by atoms with Gasteiger partial charge < -0.3 is 28.4 Å². The van der Waals surface area contributed by atoms with E-state index in [1.165, 1.54) is 76.2 Å². The van der Waals surface area contributed by atoms with Crippen LogP contribution >= 0.6 is 23.2 Å². The van der Waals surface area contributed by atoms with E-state index in [2.05, 4.69) is 59.7 Å². The van der Waals surface area contributed by atoms with Gasteiger partial charge in [0.05, 0.1) is 38.5 Å². The Hall–Kier alpha value is -7.62. The molecule has 0 aliphatic carbocycles. The molecule has 6 heterocycles. The first-order chi connectivity index (χ1) is 37.4.